The van der Waals surface area contributed by atoms with Crippen LogP contribution in [0.25, 0.3) is 10.9 Å². The molecule has 0 saturated carbocycles. The number of amides is 1. The highest BCUT2D eigenvalue weighted by Crippen LogP contribution is 2.29. The van der Waals surface area contributed by atoms with Crippen LogP contribution in [0.1, 0.15) is 25.5 Å². The summed E-state index contributed by atoms with van der Waals surface area (Å²) in [5, 5.41) is 1.20. The maximum atomic E-state index is 12.9. The number of aromatic nitrogens is 2. The van der Waals surface area contributed by atoms with Gasteiger partial charge in [-0.15, -0.1) is 0 Å². The molecule has 2 aromatic carbocycles. The van der Waals surface area contributed by atoms with Gasteiger partial charge in [0.2, 0.25) is 5.91 Å². The Labute approximate surface area is 162 Å². The third kappa shape index (κ3) is 3.25. The van der Waals surface area contributed by atoms with E-state index in [9.17, 15) is 9.59 Å². The van der Waals surface area contributed by atoms with Crippen LogP contribution in [0.3, 0.4) is 0 Å². The second kappa shape index (κ2) is 7.19. The molecule has 0 saturated heterocycles. The summed E-state index contributed by atoms with van der Waals surface area (Å²) >= 11 is 1.33. The summed E-state index contributed by atoms with van der Waals surface area (Å²) in [7, 11) is 0. The molecule has 1 aliphatic rings. The van der Waals surface area contributed by atoms with E-state index >= 15 is 0 Å². The number of rotatable bonds is 4. The standard InChI is InChI=1S/C21H21N3O2S/c1-14(2)24-20(26)16-8-4-5-9-17(16)22-21(24)27-13-19(25)23-12-11-15-7-3-6-10-18(15)23/h3-10,14H,11-13H2,1-2H3. The molecule has 5 nitrogen and oxygen atoms in total. The predicted octanol–water partition coefficient (Wildman–Crippen LogP) is 3.66. The first-order valence-corrected chi connectivity index (χ1v) is 10.1. The lowest BCUT2D eigenvalue weighted by Gasteiger charge is -2.19. The average molecular weight is 379 g/mol. The zero-order valence-electron chi connectivity index (χ0n) is 15.4. The predicted molar refractivity (Wildman–Crippen MR) is 110 cm³/mol. The molecular formula is C21H21N3O2S. The molecule has 0 unspecified atom stereocenters. The van der Waals surface area contributed by atoms with Crippen molar-refractivity contribution in [2.24, 2.45) is 0 Å². The van der Waals surface area contributed by atoms with Crippen LogP contribution in [0, 0.1) is 0 Å². The van der Waals surface area contributed by atoms with Gasteiger partial charge in [0.25, 0.3) is 5.56 Å². The summed E-state index contributed by atoms with van der Waals surface area (Å²) in [6.07, 6.45) is 0.886. The average Bonchev–Trinajstić information content (AvgIpc) is 3.10. The molecule has 1 amide bonds. The van der Waals surface area contributed by atoms with E-state index in [0.29, 0.717) is 22.6 Å². The van der Waals surface area contributed by atoms with E-state index in [1.54, 1.807) is 10.6 Å². The Balaban J connectivity index is 1.61. The first-order chi connectivity index (χ1) is 13.1. The second-order valence-electron chi connectivity index (χ2n) is 6.89. The molecule has 138 valence electrons. The summed E-state index contributed by atoms with van der Waals surface area (Å²) in [4.78, 5) is 32.2. The lowest BCUT2D eigenvalue weighted by Crippen LogP contribution is -2.31. The molecule has 2 heterocycles. The van der Waals surface area contributed by atoms with Gasteiger partial charge in [-0.05, 0) is 44.0 Å². The molecule has 0 bridgehead atoms. The van der Waals surface area contributed by atoms with Gasteiger partial charge in [0.15, 0.2) is 5.16 Å². The zero-order valence-corrected chi connectivity index (χ0v) is 16.2. The highest BCUT2D eigenvalue weighted by molar-refractivity contribution is 7.99. The van der Waals surface area contributed by atoms with Gasteiger partial charge in [0, 0.05) is 18.3 Å². The van der Waals surface area contributed by atoms with Crippen LogP contribution in [0.5, 0.6) is 0 Å². The smallest absolute Gasteiger partial charge is 0.262 e. The van der Waals surface area contributed by atoms with E-state index in [2.05, 4.69) is 11.1 Å². The maximum absolute atomic E-state index is 12.9. The van der Waals surface area contributed by atoms with Gasteiger partial charge in [-0.2, -0.15) is 0 Å². The van der Waals surface area contributed by atoms with Crippen molar-refractivity contribution in [3.05, 3.63) is 64.4 Å². The number of nitrogens with zero attached hydrogens (tertiary/aromatic N) is 3. The lowest BCUT2D eigenvalue weighted by atomic mass is 10.2. The number of benzene rings is 2. The van der Waals surface area contributed by atoms with Crippen LogP contribution < -0.4 is 10.5 Å². The molecular weight excluding hydrogens is 358 g/mol. The van der Waals surface area contributed by atoms with Crippen molar-refractivity contribution in [2.45, 2.75) is 31.5 Å². The normalized spacial score (nSPS) is 13.4. The quantitative estimate of drug-likeness (QED) is 0.513. The summed E-state index contributed by atoms with van der Waals surface area (Å²) in [6.45, 7) is 4.63. The molecule has 0 spiro atoms. The molecule has 3 aromatic rings. The molecule has 0 radical (unpaired) electrons. The van der Waals surface area contributed by atoms with Gasteiger partial charge in [-0.25, -0.2) is 4.98 Å². The number of hydrogen-bond donors (Lipinski definition) is 0. The van der Waals surface area contributed by atoms with Gasteiger partial charge in [-0.3, -0.25) is 14.2 Å². The SMILES string of the molecule is CC(C)n1c(SCC(=O)N2CCc3ccccc32)nc2ccccc2c1=O. The van der Waals surface area contributed by atoms with E-state index in [1.807, 2.05) is 55.1 Å². The lowest BCUT2D eigenvalue weighted by molar-refractivity contribution is -0.116. The van der Waals surface area contributed by atoms with Gasteiger partial charge < -0.3 is 4.90 Å². The van der Waals surface area contributed by atoms with Crippen molar-refractivity contribution in [3.63, 3.8) is 0 Å². The summed E-state index contributed by atoms with van der Waals surface area (Å²) in [6, 6.07) is 15.3. The van der Waals surface area contributed by atoms with Gasteiger partial charge >= 0.3 is 0 Å². The zero-order chi connectivity index (χ0) is 19.0. The molecule has 0 atom stereocenters. The number of para-hydroxylation sites is 2. The molecule has 6 heteroatoms. The third-order valence-corrected chi connectivity index (χ3v) is 5.74. The van der Waals surface area contributed by atoms with Gasteiger partial charge in [-0.1, -0.05) is 42.1 Å². The van der Waals surface area contributed by atoms with E-state index < -0.39 is 0 Å². The van der Waals surface area contributed by atoms with Crippen molar-refractivity contribution in [3.8, 4) is 0 Å². The molecule has 0 N–H and O–H groups in total. The molecule has 4 rings (SSSR count). The van der Waals surface area contributed by atoms with Crippen molar-refractivity contribution in [2.75, 3.05) is 17.2 Å². The largest absolute Gasteiger partial charge is 0.311 e. The highest BCUT2D eigenvalue weighted by Gasteiger charge is 2.24. The van der Waals surface area contributed by atoms with Gasteiger partial charge in [0.1, 0.15) is 0 Å². The van der Waals surface area contributed by atoms with E-state index in [-0.39, 0.29) is 23.3 Å². The van der Waals surface area contributed by atoms with Crippen LogP contribution in [-0.2, 0) is 11.2 Å². The molecule has 0 aliphatic carbocycles. The van der Waals surface area contributed by atoms with Crippen molar-refractivity contribution in [1.29, 1.82) is 0 Å². The fourth-order valence-electron chi connectivity index (χ4n) is 3.48. The third-order valence-electron chi connectivity index (χ3n) is 4.80. The number of hydrogen-bond acceptors (Lipinski definition) is 4. The monoisotopic (exact) mass is 379 g/mol. The number of carbonyl (C=O) groups excluding carboxylic acids is 1. The van der Waals surface area contributed by atoms with Crippen molar-refractivity contribution < 1.29 is 4.79 Å². The summed E-state index contributed by atoms with van der Waals surface area (Å²) in [5.74, 6) is 0.300. The molecule has 0 fully saturated rings. The first-order valence-electron chi connectivity index (χ1n) is 9.08. The number of thioether (sulfide) groups is 1. The Morgan fingerprint density at radius 3 is 2.70 bits per heavy atom. The summed E-state index contributed by atoms with van der Waals surface area (Å²) < 4.78 is 1.68. The minimum absolute atomic E-state index is 0.0280. The summed E-state index contributed by atoms with van der Waals surface area (Å²) in [5.41, 5.74) is 2.81. The van der Waals surface area contributed by atoms with E-state index in [0.717, 1.165) is 12.1 Å². The number of fused-ring (bicyclic) bond motifs is 2. The van der Waals surface area contributed by atoms with E-state index in [4.69, 9.17) is 0 Å². The van der Waals surface area contributed by atoms with Crippen LogP contribution in [-0.4, -0.2) is 27.8 Å². The molecule has 1 aliphatic heterocycles. The Morgan fingerprint density at radius 2 is 1.89 bits per heavy atom. The maximum Gasteiger partial charge on any atom is 0.262 e. The van der Waals surface area contributed by atoms with Crippen LogP contribution in [0.15, 0.2) is 58.5 Å². The Morgan fingerprint density at radius 1 is 1.15 bits per heavy atom. The Kier molecular flexibility index (Phi) is 4.74. The van der Waals surface area contributed by atoms with Crippen LogP contribution in [0.2, 0.25) is 0 Å². The second-order valence-corrected chi connectivity index (χ2v) is 7.84. The van der Waals surface area contributed by atoms with Crippen molar-refractivity contribution in [1.82, 2.24) is 9.55 Å². The van der Waals surface area contributed by atoms with Crippen molar-refractivity contribution >= 4 is 34.3 Å². The molecule has 1 aromatic heterocycles. The Bertz CT molecular complexity index is 1070. The fraction of sp³-hybridized carbons (Fsp3) is 0.286. The minimum Gasteiger partial charge on any atom is -0.311 e. The van der Waals surface area contributed by atoms with E-state index in [1.165, 1.54) is 17.3 Å². The highest BCUT2D eigenvalue weighted by atomic mass is 32.2. The van der Waals surface area contributed by atoms with Crippen LogP contribution >= 0.6 is 11.8 Å². The molecule has 27 heavy (non-hydrogen) atoms. The Hall–Kier alpha value is -2.60. The topological polar surface area (TPSA) is 55.2 Å². The van der Waals surface area contributed by atoms with Crippen LogP contribution in [0.4, 0.5) is 5.69 Å². The number of carbonyl (C=O) groups is 1. The fourth-order valence-corrected chi connectivity index (χ4v) is 4.49. The number of anilines is 1. The van der Waals surface area contributed by atoms with Gasteiger partial charge in [0.05, 0.1) is 16.7 Å². The first kappa shape index (κ1) is 17.8. The minimum atomic E-state index is -0.0583.